The number of fused-ring (bicyclic) bond motifs is 1. The molecule has 1 aromatic carbocycles. The highest BCUT2D eigenvalue weighted by Crippen LogP contribution is 2.20. The van der Waals surface area contributed by atoms with Crippen molar-refractivity contribution >= 4 is 16.8 Å². The fourth-order valence-electron chi connectivity index (χ4n) is 2.00. The Hall–Kier alpha value is -2.93. The smallest absolute Gasteiger partial charge is 0.195 e. The van der Waals surface area contributed by atoms with E-state index in [9.17, 15) is 4.79 Å². The van der Waals surface area contributed by atoms with Crippen molar-refractivity contribution in [3.05, 3.63) is 65.5 Å². The highest BCUT2D eigenvalue weighted by molar-refractivity contribution is 6.15. The van der Waals surface area contributed by atoms with Gasteiger partial charge < -0.3 is 4.98 Å². The summed E-state index contributed by atoms with van der Waals surface area (Å²) >= 11 is 0. The lowest BCUT2D eigenvalue weighted by Gasteiger charge is -1.99. The lowest BCUT2D eigenvalue weighted by molar-refractivity contribution is 0.104. The van der Waals surface area contributed by atoms with Crippen LogP contribution in [0.15, 0.2) is 48.8 Å². The minimum atomic E-state index is -0.0799. The van der Waals surface area contributed by atoms with Crippen molar-refractivity contribution in [3.8, 4) is 6.07 Å². The average molecular weight is 247 g/mol. The molecule has 1 N–H and O–H groups in total. The zero-order chi connectivity index (χ0) is 13.2. The van der Waals surface area contributed by atoms with Crippen molar-refractivity contribution in [2.24, 2.45) is 0 Å². The number of aromatic nitrogens is 2. The number of pyridine rings is 1. The van der Waals surface area contributed by atoms with Crippen LogP contribution in [0, 0.1) is 11.3 Å². The Morgan fingerprint density at radius 3 is 2.79 bits per heavy atom. The molecule has 0 spiro atoms. The number of nitrogens with one attached hydrogen (secondary N) is 1. The van der Waals surface area contributed by atoms with E-state index in [1.165, 1.54) is 6.20 Å². The van der Waals surface area contributed by atoms with Crippen LogP contribution in [0.2, 0.25) is 0 Å². The fraction of sp³-hybridized carbons (Fsp3) is 0. The number of benzene rings is 1. The quantitative estimate of drug-likeness (QED) is 0.708. The number of nitriles is 1. The van der Waals surface area contributed by atoms with E-state index in [-0.39, 0.29) is 5.78 Å². The van der Waals surface area contributed by atoms with Crippen molar-refractivity contribution in [1.82, 2.24) is 9.97 Å². The number of carbonyl (C=O) groups excluding carboxylic acids is 1. The number of H-pyrrole nitrogens is 1. The number of aromatic amines is 1. The van der Waals surface area contributed by atoms with Crippen molar-refractivity contribution < 1.29 is 4.79 Å². The Balaban J connectivity index is 2.16. The van der Waals surface area contributed by atoms with Crippen LogP contribution >= 0.6 is 0 Å². The molecule has 0 saturated heterocycles. The van der Waals surface area contributed by atoms with Gasteiger partial charge in [-0.3, -0.25) is 4.79 Å². The van der Waals surface area contributed by atoms with E-state index in [0.717, 1.165) is 0 Å². The molecular weight excluding hydrogens is 238 g/mol. The first kappa shape index (κ1) is 11.2. The monoisotopic (exact) mass is 247 g/mol. The maximum Gasteiger partial charge on any atom is 0.195 e. The second-order valence-electron chi connectivity index (χ2n) is 4.13. The molecule has 2 aromatic heterocycles. The van der Waals surface area contributed by atoms with Gasteiger partial charge in [0.2, 0.25) is 0 Å². The SMILES string of the molecule is N#Cc1cnc2[nH]cc(C(=O)c3ccccc3)c2c1. The zero-order valence-electron chi connectivity index (χ0n) is 9.92. The maximum absolute atomic E-state index is 12.4. The van der Waals surface area contributed by atoms with Gasteiger partial charge in [-0.2, -0.15) is 5.26 Å². The van der Waals surface area contributed by atoms with Gasteiger partial charge in [0.05, 0.1) is 5.56 Å². The fourth-order valence-corrected chi connectivity index (χ4v) is 2.00. The predicted octanol–water partition coefficient (Wildman–Crippen LogP) is 2.67. The Kier molecular flexibility index (Phi) is 2.58. The summed E-state index contributed by atoms with van der Waals surface area (Å²) in [5.74, 6) is -0.0799. The van der Waals surface area contributed by atoms with Crippen LogP contribution in [-0.4, -0.2) is 15.8 Å². The molecule has 2 heterocycles. The normalized spacial score (nSPS) is 10.3. The van der Waals surface area contributed by atoms with Crippen molar-refractivity contribution in [1.29, 1.82) is 5.26 Å². The summed E-state index contributed by atoms with van der Waals surface area (Å²) < 4.78 is 0. The van der Waals surface area contributed by atoms with E-state index in [2.05, 4.69) is 9.97 Å². The number of hydrogen-bond donors (Lipinski definition) is 1. The topological polar surface area (TPSA) is 69.5 Å². The van der Waals surface area contributed by atoms with Crippen LogP contribution in [-0.2, 0) is 0 Å². The number of ketones is 1. The molecule has 0 amide bonds. The van der Waals surface area contributed by atoms with Gasteiger partial charge in [0.1, 0.15) is 11.7 Å². The first-order valence-electron chi connectivity index (χ1n) is 5.76. The van der Waals surface area contributed by atoms with Gasteiger partial charge in [-0.25, -0.2) is 4.98 Å². The standard InChI is InChI=1S/C15H9N3O/c16-7-10-6-12-13(9-18-15(12)17-8-10)14(19)11-4-2-1-3-5-11/h1-6,8-9H,(H,17,18). The summed E-state index contributed by atoms with van der Waals surface area (Å²) in [6, 6.07) is 12.7. The van der Waals surface area contributed by atoms with Crippen LogP contribution in [0.5, 0.6) is 0 Å². The van der Waals surface area contributed by atoms with E-state index in [1.807, 2.05) is 24.3 Å². The lowest BCUT2D eigenvalue weighted by Crippen LogP contribution is -1.99. The molecular formula is C15H9N3O. The first-order chi connectivity index (χ1) is 9.29. The van der Waals surface area contributed by atoms with Gasteiger partial charge in [-0.05, 0) is 6.07 Å². The third kappa shape index (κ3) is 1.87. The highest BCUT2D eigenvalue weighted by atomic mass is 16.1. The first-order valence-corrected chi connectivity index (χ1v) is 5.76. The Bertz CT molecular complexity index is 797. The van der Waals surface area contributed by atoms with Crippen LogP contribution in [0.3, 0.4) is 0 Å². The van der Waals surface area contributed by atoms with E-state index in [1.54, 1.807) is 24.4 Å². The number of hydrogen-bond acceptors (Lipinski definition) is 3. The van der Waals surface area contributed by atoms with Gasteiger partial charge in [0.25, 0.3) is 0 Å². The lowest BCUT2D eigenvalue weighted by atomic mass is 10.0. The molecule has 0 aliphatic heterocycles. The van der Waals surface area contributed by atoms with Crippen molar-refractivity contribution in [3.63, 3.8) is 0 Å². The third-order valence-corrected chi connectivity index (χ3v) is 2.94. The molecule has 0 aliphatic carbocycles. The summed E-state index contributed by atoms with van der Waals surface area (Å²) in [5, 5.41) is 9.57. The minimum absolute atomic E-state index is 0.0799. The Morgan fingerprint density at radius 1 is 1.26 bits per heavy atom. The summed E-state index contributed by atoms with van der Waals surface area (Å²) in [7, 11) is 0. The van der Waals surface area contributed by atoms with E-state index < -0.39 is 0 Å². The average Bonchev–Trinajstić information content (AvgIpc) is 2.90. The van der Waals surface area contributed by atoms with E-state index >= 15 is 0 Å². The molecule has 90 valence electrons. The van der Waals surface area contributed by atoms with E-state index in [4.69, 9.17) is 5.26 Å². The molecule has 0 fully saturated rings. The molecule has 3 rings (SSSR count). The van der Waals surface area contributed by atoms with E-state index in [0.29, 0.717) is 27.7 Å². The van der Waals surface area contributed by atoms with Crippen LogP contribution in [0.4, 0.5) is 0 Å². The molecule has 0 saturated carbocycles. The number of carbonyl (C=O) groups is 1. The highest BCUT2D eigenvalue weighted by Gasteiger charge is 2.14. The Labute approximate surface area is 109 Å². The van der Waals surface area contributed by atoms with Gasteiger partial charge in [-0.1, -0.05) is 30.3 Å². The molecule has 0 atom stereocenters. The predicted molar refractivity (Wildman–Crippen MR) is 70.7 cm³/mol. The van der Waals surface area contributed by atoms with Crippen LogP contribution in [0.25, 0.3) is 11.0 Å². The second-order valence-corrected chi connectivity index (χ2v) is 4.13. The molecule has 0 bridgehead atoms. The molecule has 0 aliphatic rings. The molecule has 0 unspecified atom stereocenters. The van der Waals surface area contributed by atoms with Crippen LogP contribution < -0.4 is 0 Å². The molecule has 0 radical (unpaired) electrons. The van der Waals surface area contributed by atoms with Crippen LogP contribution in [0.1, 0.15) is 21.5 Å². The molecule has 4 nitrogen and oxygen atoms in total. The molecule has 19 heavy (non-hydrogen) atoms. The summed E-state index contributed by atoms with van der Waals surface area (Å²) in [6.45, 7) is 0. The van der Waals surface area contributed by atoms with Crippen molar-refractivity contribution in [2.45, 2.75) is 0 Å². The zero-order valence-corrected chi connectivity index (χ0v) is 9.92. The second kappa shape index (κ2) is 4.39. The summed E-state index contributed by atoms with van der Waals surface area (Å²) in [4.78, 5) is 19.5. The summed E-state index contributed by atoms with van der Waals surface area (Å²) in [6.07, 6.45) is 3.11. The maximum atomic E-state index is 12.4. The van der Waals surface area contributed by atoms with Crippen molar-refractivity contribution in [2.75, 3.05) is 0 Å². The molecule has 3 aromatic rings. The summed E-state index contributed by atoms with van der Waals surface area (Å²) in [5.41, 5.74) is 2.20. The number of nitrogens with zero attached hydrogens (tertiary/aromatic N) is 2. The largest absolute Gasteiger partial charge is 0.345 e. The van der Waals surface area contributed by atoms with Gasteiger partial charge in [0.15, 0.2) is 5.78 Å². The van der Waals surface area contributed by atoms with Gasteiger partial charge in [0, 0.05) is 28.9 Å². The molecule has 4 heteroatoms. The Morgan fingerprint density at radius 2 is 2.05 bits per heavy atom. The third-order valence-electron chi connectivity index (χ3n) is 2.94. The number of rotatable bonds is 2. The minimum Gasteiger partial charge on any atom is -0.345 e. The van der Waals surface area contributed by atoms with Gasteiger partial charge >= 0.3 is 0 Å². The van der Waals surface area contributed by atoms with Gasteiger partial charge in [-0.15, -0.1) is 0 Å².